The highest BCUT2D eigenvalue weighted by Gasteiger charge is 1.95. The quantitative estimate of drug-likeness (QED) is 0.817. The lowest BCUT2D eigenvalue weighted by Crippen LogP contribution is -2.12. The molecular formula is C9H10N4S. The van der Waals surface area contributed by atoms with Crippen molar-refractivity contribution >= 4 is 11.3 Å². The van der Waals surface area contributed by atoms with Crippen molar-refractivity contribution in [2.45, 2.75) is 13.1 Å². The van der Waals surface area contributed by atoms with Crippen LogP contribution in [0.4, 0.5) is 0 Å². The average molecular weight is 206 g/mol. The highest BCUT2D eigenvalue weighted by atomic mass is 32.1. The van der Waals surface area contributed by atoms with Gasteiger partial charge in [0.2, 0.25) is 0 Å². The Morgan fingerprint density at radius 3 is 2.79 bits per heavy atom. The molecule has 1 N–H and O–H groups in total. The summed E-state index contributed by atoms with van der Waals surface area (Å²) in [5.41, 5.74) is 1.09. The molecule has 0 saturated heterocycles. The van der Waals surface area contributed by atoms with Gasteiger partial charge in [-0.05, 0) is 0 Å². The summed E-state index contributed by atoms with van der Waals surface area (Å²) in [5, 5.41) is 6.35. The molecule has 14 heavy (non-hydrogen) atoms. The molecular weight excluding hydrogens is 196 g/mol. The lowest BCUT2D eigenvalue weighted by Gasteiger charge is -2.00. The van der Waals surface area contributed by atoms with Gasteiger partial charge < -0.3 is 5.32 Å². The van der Waals surface area contributed by atoms with Crippen molar-refractivity contribution in [2.75, 3.05) is 0 Å². The molecule has 0 bridgehead atoms. The Balaban J connectivity index is 1.79. The van der Waals surface area contributed by atoms with Crippen LogP contribution in [0.5, 0.6) is 0 Å². The minimum atomic E-state index is 0.778. The monoisotopic (exact) mass is 206 g/mol. The summed E-state index contributed by atoms with van der Waals surface area (Å²) >= 11 is 1.65. The zero-order valence-electron chi connectivity index (χ0n) is 7.55. The molecule has 0 aliphatic heterocycles. The lowest BCUT2D eigenvalue weighted by atomic mass is 10.3. The second kappa shape index (κ2) is 4.78. The van der Waals surface area contributed by atoms with Crippen LogP contribution in [0.2, 0.25) is 0 Å². The van der Waals surface area contributed by atoms with Gasteiger partial charge in [0, 0.05) is 42.6 Å². The summed E-state index contributed by atoms with van der Waals surface area (Å²) in [5.74, 6) is 0. The maximum absolute atomic E-state index is 4.17. The molecule has 0 spiro atoms. The Kier molecular flexibility index (Phi) is 3.15. The van der Waals surface area contributed by atoms with Gasteiger partial charge in [-0.1, -0.05) is 0 Å². The molecule has 2 aromatic heterocycles. The number of hydrogen-bond acceptors (Lipinski definition) is 5. The summed E-state index contributed by atoms with van der Waals surface area (Å²) in [6.07, 6.45) is 6.96. The van der Waals surface area contributed by atoms with Gasteiger partial charge in [-0.15, -0.1) is 11.3 Å². The minimum absolute atomic E-state index is 0.778. The largest absolute Gasteiger partial charge is 0.306 e. The molecule has 0 amide bonds. The Bertz CT molecular complexity index is 360. The Labute approximate surface area is 86.1 Å². The molecule has 4 nitrogen and oxygen atoms in total. The topological polar surface area (TPSA) is 50.7 Å². The molecule has 0 fully saturated rings. The molecule has 2 rings (SSSR count). The van der Waals surface area contributed by atoms with Crippen molar-refractivity contribution in [1.82, 2.24) is 20.3 Å². The number of thiazole rings is 1. The molecule has 0 aliphatic carbocycles. The first-order chi connectivity index (χ1) is 6.95. The third kappa shape index (κ3) is 2.58. The van der Waals surface area contributed by atoms with Gasteiger partial charge in [-0.3, -0.25) is 0 Å². The molecule has 0 saturated carbocycles. The van der Waals surface area contributed by atoms with Crippen LogP contribution in [0.3, 0.4) is 0 Å². The van der Waals surface area contributed by atoms with Crippen LogP contribution in [0, 0.1) is 0 Å². The zero-order chi connectivity index (χ0) is 9.64. The van der Waals surface area contributed by atoms with Crippen LogP contribution in [-0.2, 0) is 13.1 Å². The average Bonchev–Trinajstić information content (AvgIpc) is 2.72. The number of rotatable bonds is 4. The van der Waals surface area contributed by atoms with Crippen LogP contribution in [-0.4, -0.2) is 15.0 Å². The van der Waals surface area contributed by atoms with E-state index in [9.17, 15) is 0 Å². The fourth-order valence-corrected chi connectivity index (χ4v) is 1.66. The van der Waals surface area contributed by atoms with E-state index in [1.54, 1.807) is 11.3 Å². The SMILES string of the molecule is c1ncc(CNCc2nccs2)cn1. The predicted molar refractivity (Wildman–Crippen MR) is 54.7 cm³/mol. The van der Waals surface area contributed by atoms with E-state index in [0.29, 0.717) is 0 Å². The highest BCUT2D eigenvalue weighted by Crippen LogP contribution is 2.03. The summed E-state index contributed by atoms with van der Waals surface area (Å²) in [7, 11) is 0. The third-order valence-electron chi connectivity index (χ3n) is 1.70. The minimum Gasteiger partial charge on any atom is -0.306 e. The van der Waals surface area contributed by atoms with Crippen molar-refractivity contribution in [3.63, 3.8) is 0 Å². The van der Waals surface area contributed by atoms with Crippen molar-refractivity contribution in [2.24, 2.45) is 0 Å². The van der Waals surface area contributed by atoms with Gasteiger partial charge in [-0.25, -0.2) is 15.0 Å². The van der Waals surface area contributed by atoms with Crippen LogP contribution in [0.1, 0.15) is 10.6 Å². The van der Waals surface area contributed by atoms with Gasteiger partial charge in [-0.2, -0.15) is 0 Å². The Morgan fingerprint density at radius 2 is 2.07 bits per heavy atom. The summed E-state index contributed by atoms with van der Waals surface area (Å²) < 4.78 is 0. The first kappa shape index (κ1) is 9.23. The van der Waals surface area contributed by atoms with Crippen molar-refractivity contribution in [1.29, 1.82) is 0 Å². The van der Waals surface area contributed by atoms with E-state index in [4.69, 9.17) is 0 Å². The maximum atomic E-state index is 4.17. The van der Waals surface area contributed by atoms with Crippen LogP contribution >= 0.6 is 11.3 Å². The number of aromatic nitrogens is 3. The van der Waals surface area contributed by atoms with E-state index in [0.717, 1.165) is 23.7 Å². The summed E-state index contributed by atoms with van der Waals surface area (Å²) in [6, 6.07) is 0. The van der Waals surface area contributed by atoms with Gasteiger partial charge in [0.05, 0.1) is 0 Å². The molecule has 0 atom stereocenters. The lowest BCUT2D eigenvalue weighted by molar-refractivity contribution is 0.685. The van der Waals surface area contributed by atoms with Crippen molar-refractivity contribution in [3.05, 3.63) is 40.9 Å². The summed E-state index contributed by atoms with van der Waals surface area (Å²) in [4.78, 5) is 12.0. The molecule has 0 radical (unpaired) electrons. The van der Waals surface area contributed by atoms with Crippen LogP contribution in [0.15, 0.2) is 30.3 Å². The van der Waals surface area contributed by atoms with E-state index in [1.807, 2.05) is 24.0 Å². The molecule has 2 heterocycles. The molecule has 2 aromatic rings. The first-order valence-corrected chi connectivity index (χ1v) is 5.16. The van der Waals surface area contributed by atoms with Gasteiger partial charge in [0.1, 0.15) is 11.3 Å². The van der Waals surface area contributed by atoms with E-state index in [-0.39, 0.29) is 0 Å². The van der Waals surface area contributed by atoms with Gasteiger partial charge in [0.25, 0.3) is 0 Å². The zero-order valence-corrected chi connectivity index (χ0v) is 8.37. The van der Waals surface area contributed by atoms with E-state index < -0.39 is 0 Å². The molecule has 0 unspecified atom stereocenters. The molecule has 72 valence electrons. The highest BCUT2D eigenvalue weighted by molar-refractivity contribution is 7.09. The fraction of sp³-hybridized carbons (Fsp3) is 0.222. The third-order valence-corrected chi connectivity index (χ3v) is 2.48. The summed E-state index contributed by atoms with van der Waals surface area (Å²) in [6.45, 7) is 1.58. The second-order valence-electron chi connectivity index (χ2n) is 2.78. The standard InChI is InChI=1S/C9H10N4S/c1-2-14-9(13-1)6-10-3-8-4-11-7-12-5-8/h1-2,4-5,7,10H,3,6H2. The fourth-order valence-electron chi connectivity index (χ4n) is 1.08. The molecule has 0 aromatic carbocycles. The predicted octanol–water partition coefficient (Wildman–Crippen LogP) is 1.22. The van der Waals surface area contributed by atoms with Gasteiger partial charge >= 0.3 is 0 Å². The Hall–Kier alpha value is -1.33. The number of nitrogens with one attached hydrogen (secondary N) is 1. The van der Waals surface area contributed by atoms with Crippen molar-refractivity contribution in [3.8, 4) is 0 Å². The normalized spacial score (nSPS) is 10.3. The smallest absolute Gasteiger partial charge is 0.115 e. The van der Waals surface area contributed by atoms with Crippen LogP contribution in [0.25, 0.3) is 0 Å². The molecule has 5 heteroatoms. The number of nitrogens with zero attached hydrogens (tertiary/aromatic N) is 3. The Morgan fingerprint density at radius 1 is 1.21 bits per heavy atom. The van der Waals surface area contributed by atoms with Crippen molar-refractivity contribution < 1.29 is 0 Å². The molecule has 0 aliphatic rings. The number of hydrogen-bond donors (Lipinski definition) is 1. The van der Waals surface area contributed by atoms with Gasteiger partial charge in [0.15, 0.2) is 0 Å². The van der Waals surface area contributed by atoms with Crippen LogP contribution < -0.4 is 5.32 Å². The van der Waals surface area contributed by atoms with E-state index >= 15 is 0 Å². The van der Waals surface area contributed by atoms with E-state index in [2.05, 4.69) is 20.3 Å². The maximum Gasteiger partial charge on any atom is 0.115 e. The second-order valence-corrected chi connectivity index (χ2v) is 3.76. The first-order valence-electron chi connectivity index (χ1n) is 4.28. The van der Waals surface area contributed by atoms with E-state index in [1.165, 1.54) is 6.33 Å².